The molecule has 0 radical (unpaired) electrons. The number of nitrogens with zero attached hydrogens (tertiary/aromatic N) is 3. The fourth-order valence-corrected chi connectivity index (χ4v) is 8.68. The van der Waals surface area contributed by atoms with E-state index >= 15 is 0 Å². The Labute approximate surface area is 363 Å². The highest BCUT2D eigenvalue weighted by atomic mass is 16.5. The third-order valence-electron chi connectivity index (χ3n) is 12.6. The van der Waals surface area contributed by atoms with Gasteiger partial charge in [0.05, 0.1) is 6.42 Å². The molecule has 6 nitrogen and oxygen atoms in total. The molecule has 5 aromatic rings. The van der Waals surface area contributed by atoms with Gasteiger partial charge in [-0.25, -0.2) is 0 Å². The molecule has 0 saturated carbocycles. The molecule has 6 heteroatoms. The number of fused-ring (bicyclic) bond motifs is 1. The van der Waals surface area contributed by atoms with Gasteiger partial charge in [0, 0.05) is 65.6 Å². The van der Waals surface area contributed by atoms with E-state index in [-0.39, 0.29) is 17.3 Å². The lowest BCUT2D eigenvalue weighted by atomic mass is 9.76. The number of aryl methyl sites for hydroxylation is 1. The van der Waals surface area contributed by atoms with Gasteiger partial charge in [0.15, 0.2) is 0 Å². The average molecular weight is 810 g/mol. The minimum absolute atomic E-state index is 0.0480. The number of carboxylic acids is 1. The van der Waals surface area contributed by atoms with Gasteiger partial charge in [0.25, 0.3) is 0 Å². The van der Waals surface area contributed by atoms with Crippen LogP contribution in [0.5, 0.6) is 5.75 Å². The molecule has 0 atom stereocenters. The van der Waals surface area contributed by atoms with Crippen molar-refractivity contribution in [2.75, 3.05) is 35.3 Å². The van der Waals surface area contributed by atoms with E-state index in [1.165, 1.54) is 16.7 Å². The van der Waals surface area contributed by atoms with Crippen molar-refractivity contribution in [3.63, 3.8) is 0 Å². The summed E-state index contributed by atoms with van der Waals surface area (Å²) in [6.07, 6.45) is 11.5. The van der Waals surface area contributed by atoms with E-state index in [1.54, 1.807) is 0 Å². The Morgan fingerprint density at radius 1 is 0.787 bits per heavy atom. The summed E-state index contributed by atoms with van der Waals surface area (Å²) in [6, 6.07) is 44.1. The van der Waals surface area contributed by atoms with Crippen LogP contribution in [-0.4, -0.2) is 31.7 Å². The van der Waals surface area contributed by atoms with Gasteiger partial charge in [-0.15, -0.1) is 0 Å². The Morgan fingerprint density at radius 3 is 2.00 bits per heavy atom. The highest BCUT2D eigenvalue weighted by molar-refractivity contribution is 5.74. The molecule has 0 amide bonds. The maximum atomic E-state index is 11.8. The van der Waals surface area contributed by atoms with Crippen LogP contribution < -0.4 is 19.4 Å². The molecule has 1 heterocycles. The highest BCUT2D eigenvalue weighted by Crippen LogP contribution is 2.48. The molecule has 0 spiro atoms. The number of hydrogen-bond acceptors (Lipinski definition) is 5. The van der Waals surface area contributed by atoms with Crippen LogP contribution in [0.1, 0.15) is 70.1 Å². The fraction of sp³-hybridized carbons (Fsp3) is 0.255. The van der Waals surface area contributed by atoms with E-state index in [4.69, 9.17) is 4.74 Å². The van der Waals surface area contributed by atoms with E-state index in [0.29, 0.717) is 6.54 Å². The van der Waals surface area contributed by atoms with Crippen molar-refractivity contribution >= 4 is 34.4 Å². The molecule has 61 heavy (non-hydrogen) atoms. The van der Waals surface area contributed by atoms with Crippen molar-refractivity contribution in [3.8, 4) is 5.75 Å². The van der Waals surface area contributed by atoms with Gasteiger partial charge in [0.2, 0.25) is 0 Å². The van der Waals surface area contributed by atoms with Crippen molar-refractivity contribution in [1.82, 2.24) is 0 Å². The second-order valence-electron chi connectivity index (χ2n) is 17.3. The first-order chi connectivity index (χ1) is 29.3. The van der Waals surface area contributed by atoms with Crippen LogP contribution in [0, 0.1) is 6.92 Å². The minimum Gasteiger partial charge on any atom is -0.481 e. The van der Waals surface area contributed by atoms with Crippen LogP contribution in [0.4, 0.5) is 28.4 Å². The third-order valence-corrected chi connectivity index (χ3v) is 12.6. The molecule has 5 aromatic carbocycles. The van der Waals surface area contributed by atoms with Gasteiger partial charge < -0.3 is 24.5 Å². The molecule has 0 bridgehead atoms. The maximum Gasteiger partial charge on any atom is 0.305 e. The number of rotatable bonds is 14. The number of carboxylic acid groups (broad SMARTS) is 1. The third kappa shape index (κ3) is 9.14. The number of hydrogen-bond donors (Lipinski definition) is 1. The number of ether oxygens (including phenoxy) is 1. The molecular weight excluding hydrogens is 751 g/mol. The monoisotopic (exact) mass is 809 g/mol. The summed E-state index contributed by atoms with van der Waals surface area (Å²) >= 11 is 0. The van der Waals surface area contributed by atoms with Gasteiger partial charge in [-0.2, -0.15) is 0 Å². The number of anilines is 5. The van der Waals surface area contributed by atoms with Crippen molar-refractivity contribution in [3.05, 3.63) is 203 Å². The molecule has 1 aliphatic heterocycles. The first-order valence-electron chi connectivity index (χ1n) is 21.3. The summed E-state index contributed by atoms with van der Waals surface area (Å²) in [4.78, 5) is 18.3. The van der Waals surface area contributed by atoms with Crippen LogP contribution in [0.2, 0.25) is 0 Å². The lowest BCUT2D eigenvalue weighted by Gasteiger charge is -2.28. The maximum absolute atomic E-state index is 11.8. The molecule has 0 saturated heterocycles. The summed E-state index contributed by atoms with van der Waals surface area (Å²) in [7, 11) is 4.17. The van der Waals surface area contributed by atoms with Crippen LogP contribution in [-0.2, 0) is 15.6 Å². The average Bonchev–Trinajstić information content (AvgIpc) is 3.49. The van der Waals surface area contributed by atoms with Gasteiger partial charge in [0.1, 0.15) is 11.5 Å². The van der Waals surface area contributed by atoms with E-state index in [9.17, 15) is 9.90 Å². The Morgan fingerprint density at radius 2 is 1.36 bits per heavy atom. The molecular formula is C55H59N3O3. The van der Waals surface area contributed by atoms with Gasteiger partial charge >= 0.3 is 5.97 Å². The fourth-order valence-electron chi connectivity index (χ4n) is 8.68. The molecule has 1 N–H and O–H groups in total. The molecule has 7 rings (SSSR count). The topological polar surface area (TPSA) is 56.2 Å². The predicted octanol–water partition coefficient (Wildman–Crippen LogP) is 13.5. The number of allylic oxidation sites excluding steroid dienone is 8. The van der Waals surface area contributed by atoms with Gasteiger partial charge in [-0.05, 0) is 132 Å². The Balaban J connectivity index is 1.20. The van der Waals surface area contributed by atoms with Gasteiger partial charge in [-0.3, -0.25) is 4.79 Å². The molecule has 0 unspecified atom stereocenters. The Bertz CT molecular complexity index is 2510. The predicted molar refractivity (Wildman–Crippen MR) is 255 cm³/mol. The smallest absolute Gasteiger partial charge is 0.305 e. The summed E-state index contributed by atoms with van der Waals surface area (Å²) in [6.45, 7) is 16.0. The SMILES string of the molecule is C=C(/C=C/C1=C(Oc2ccc(N(C)c3ccc(N(C)c4ccccc4)cc3)cc2)C(=C/C=C2/N(CCC(=O)O)c3ccccc3C2(C)C)/CCC1)C(C)(C)c1ccccc1C. The number of carbonyl (C=O) groups is 1. The van der Waals surface area contributed by atoms with E-state index in [1.807, 2.05) is 24.3 Å². The van der Waals surface area contributed by atoms with E-state index in [2.05, 4.69) is 197 Å². The second-order valence-corrected chi connectivity index (χ2v) is 17.3. The quantitative estimate of drug-likeness (QED) is 0.113. The Kier molecular flexibility index (Phi) is 12.6. The largest absolute Gasteiger partial charge is 0.481 e. The standard InChI is InChI=1S/C55H59N3O3/c1-39-17-12-13-22-48(39)54(3,4)40(2)25-26-41-18-16-19-42(27-36-51-55(5,6)49-23-14-15-24-50(49)58(51)38-37-52(59)60)53(41)61-47-34-32-46(33-35-47)57(8)45-30-28-44(29-31-45)56(7)43-20-10-9-11-21-43/h9-15,17,20-36H,2,16,18-19,37-38H2,1,3-8H3,(H,59,60)/b26-25+,42-27+,51-36+. The van der Waals surface area contributed by atoms with Gasteiger partial charge in [-0.1, -0.05) is 113 Å². The van der Waals surface area contributed by atoms with Crippen LogP contribution in [0.25, 0.3) is 0 Å². The molecule has 0 aromatic heterocycles. The summed E-state index contributed by atoms with van der Waals surface area (Å²) in [5.74, 6) is 0.802. The van der Waals surface area contributed by atoms with Crippen molar-refractivity contribution in [2.24, 2.45) is 0 Å². The molecule has 0 fully saturated rings. The van der Waals surface area contributed by atoms with E-state index < -0.39 is 5.97 Å². The molecule has 312 valence electrons. The zero-order chi connectivity index (χ0) is 43.3. The number of para-hydroxylation sites is 2. The minimum atomic E-state index is -0.809. The lowest BCUT2D eigenvalue weighted by Crippen LogP contribution is -2.28. The molecule has 1 aliphatic carbocycles. The summed E-state index contributed by atoms with van der Waals surface area (Å²) in [5.41, 5.74) is 12.9. The normalized spacial score (nSPS) is 16.3. The summed E-state index contributed by atoms with van der Waals surface area (Å²) < 4.78 is 6.95. The first kappa shape index (κ1) is 42.6. The zero-order valence-electron chi connectivity index (χ0n) is 36.8. The van der Waals surface area contributed by atoms with E-state index in [0.717, 1.165) is 81.6 Å². The van der Waals surface area contributed by atoms with Crippen LogP contribution in [0.15, 0.2) is 186 Å². The lowest BCUT2D eigenvalue weighted by molar-refractivity contribution is -0.136. The second kappa shape index (κ2) is 18.0. The van der Waals surface area contributed by atoms with Crippen molar-refractivity contribution < 1.29 is 14.6 Å². The number of aliphatic carboxylic acids is 1. The Hall–Kier alpha value is -6.53. The van der Waals surface area contributed by atoms with Crippen molar-refractivity contribution in [1.29, 1.82) is 0 Å². The highest BCUT2D eigenvalue weighted by Gasteiger charge is 2.39. The number of benzene rings is 5. The van der Waals surface area contributed by atoms with Crippen molar-refractivity contribution in [2.45, 2.75) is 71.1 Å². The van der Waals surface area contributed by atoms with Crippen LogP contribution >= 0.6 is 0 Å². The summed E-state index contributed by atoms with van der Waals surface area (Å²) in [5, 5.41) is 9.67. The van der Waals surface area contributed by atoms with Crippen LogP contribution in [0.3, 0.4) is 0 Å². The zero-order valence-corrected chi connectivity index (χ0v) is 36.8. The first-order valence-corrected chi connectivity index (χ1v) is 21.3. The molecule has 2 aliphatic rings.